The summed E-state index contributed by atoms with van der Waals surface area (Å²) < 4.78 is 5.27. The molecule has 2 N–H and O–H groups in total. The van der Waals surface area contributed by atoms with Crippen molar-refractivity contribution in [3.63, 3.8) is 0 Å². The minimum absolute atomic E-state index is 0.223. The predicted octanol–water partition coefficient (Wildman–Crippen LogP) is 1.98. The second-order valence-electron chi connectivity index (χ2n) is 6.84. The molecule has 0 heterocycles. The van der Waals surface area contributed by atoms with Crippen LogP contribution >= 0.6 is 11.6 Å². The number of carbonyl (C=O) groups is 2. The Kier molecular flexibility index (Phi) is 2.86. The van der Waals surface area contributed by atoms with Gasteiger partial charge >= 0.3 is 5.97 Å². The first-order valence-electron chi connectivity index (χ1n) is 7.01. The van der Waals surface area contributed by atoms with Gasteiger partial charge in [0.25, 0.3) is 5.91 Å². The van der Waals surface area contributed by atoms with Gasteiger partial charge in [-0.3, -0.25) is 9.59 Å². The molecule has 4 nitrogen and oxygen atoms in total. The van der Waals surface area contributed by atoms with E-state index in [1.165, 1.54) is 13.3 Å². The van der Waals surface area contributed by atoms with Crippen LogP contribution in [0.1, 0.15) is 45.4 Å². The van der Waals surface area contributed by atoms with Crippen LogP contribution in [0.4, 0.5) is 0 Å². The van der Waals surface area contributed by atoms with E-state index in [0.29, 0.717) is 18.3 Å². The summed E-state index contributed by atoms with van der Waals surface area (Å²) in [5, 5.41) is 0. The lowest BCUT2D eigenvalue weighted by molar-refractivity contribution is -0.176. The van der Waals surface area contributed by atoms with Gasteiger partial charge in [-0.1, -0.05) is 0 Å². The van der Waals surface area contributed by atoms with Crippen LogP contribution < -0.4 is 5.73 Å². The highest BCUT2D eigenvalue weighted by Gasteiger charge is 2.61. The van der Waals surface area contributed by atoms with E-state index >= 15 is 0 Å². The molecule has 4 aliphatic rings. The minimum Gasteiger partial charge on any atom is -0.452 e. The Morgan fingerprint density at radius 2 is 1.84 bits per heavy atom. The van der Waals surface area contributed by atoms with Crippen LogP contribution in [0, 0.1) is 17.3 Å². The summed E-state index contributed by atoms with van der Waals surface area (Å²) in [6.45, 7) is 1.53. The lowest BCUT2D eigenvalue weighted by Crippen LogP contribution is -2.57. The van der Waals surface area contributed by atoms with E-state index in [-0.39, 0.29) is 10.8 Å². The van der Waals surface area contributed by atoms with Crippen molar-refractivity contribution in [1.82, 2.24) is 0 Å². The van der Waals surface area contributed by atoms with Gasteiger partial charge < -0.3 is 10.5 Å². The summed E-state index contributed by atoms with van der Waals surface area (Å²) in [4.78, 5) is 23.3. The maximum atomic E-state index is 12.5. The Labute approximate surface area is 118 Å². The molecule has 1 amide bonds. The van der Waals surface area contributed by atoms with E-state index in [1.807, 2.05) is 0 Å². The van der Waals surface area contributed by atoms with Gasteiger partial charge in [0.1, 0.15) is 0 Å². The van der Waals surface area contributed by atoms with Crippen molar-refractivity contribution in [2.24, 2.45) is 23.0 Å². The number of hydrogen-bond acceptors (Lipinski definition) is 3. The molecule has 19 heavy (non-hydrogen) atoms. The molecule has 4 bridgehead atoms. The highest BCUT2D eigenvalue weighted by Crippen LogP contribution is 2.64. The van der Waals surface area contributed by atoms with Gasteiger partial charge in [-0.25, -0.2) is 0 Å². The first kappa shape index (κ1) is 13.2. The number of nitrogens with two attached hydrogens (primary N) is 1. The van der Waals surface area contributed by atoms with Crippen molar-refractivity contribution in [1.29, 1.82) is 0 Å². The predicted molar refractivity (Wildman–Crippen MR) is 70.4 cm³/mol. The summed E-state index contributed by atoms with van der Waals surface area (Å²) in [6.07, 6.45) is 4.79. The average molecular weight is 286 g/mol. The van der Waals surface area contributed by atoms with E-state index in [0.717, 1.165) is 25.7 Å². The zero-order chi connectivity index (χ0) is 13.8. The van der Waals surface area contributed by atoms with E-state index < -0.39 is 17.4 Å². The van der Waals surface area contributed by atoms with E-state index in [2.05, 4.69) is 0 Å². The Balaban J connectivity index is 1.80. The van der Waals surface area contributed by atoms with E-state index in [1.54, 1.807) is 0 Å². The molecule has 0 aromatic carbocycles. The number of ether oxygens (including phenoxy) is 1. The summed E-state index contributed by atoms with van der Waals surface area (Å²) in [7, 11) is 0. The minimum atomic E-state index is -0.855. The zero-order valence-corrected chi connectivity index (χ0v) is 11.9. The molecule has 4 saturated carbocycles. The number of halogens is 1. The first-order valence-corrected chi connectivity index (χ1v) is 7.39. The Morgan fingerprint density at radius 1 is 1.26 bits per heavy atom. The molecule has 5 heteroatoms. The standard InChI is InChI=1S/C14H20ClNO3/c1-8(11(16)17)19-12(18)13-3-9-2-10(4-13)6-14(15,5-9)7-13/h8-10H,2-7H2,1H3,(H2,16,17)/t8-,9-,10+,13?,14?/m0/s1. The molecule has 0 aromatic heterocycles. The number of esters is 1. The Bertz CT molecular complexity index is 422. The summed E-state index contributed by atoms with van der Waals surface area (Å²) >= 11 is 6.66. The number of amides is 1. The molecular formula is C14H20ClNO3. The molecule has 106 valence electrons. The Morgan fingerprint density at radius 3 is 2.32 bits per heavy atom. The van der Waals surface area contributed by atoms with E-state index in [9.17, 15) is 9.59 Å². The maximum Gasteiger partial charge on any atom is 0.312 e. The zero-order valence-electron chi connectivity index (χ0n) is 11.2. The van der Waals surface area contributed by atoms with Crippen molar-refractivity contribution >= 4 is 23.5 Å². The van der Waals surface area contributed by atoms with Gasteiger partial charge in [-0.2, -0.15) is 0 Å². The second kappa shape index (κ2) is 4.11. The van der Waals surface area contributed by atoms with Gasteiger partial charge in [-0.15, -0.1) is 11.6 Å². The Hall–Kier alpha value is -0.770. The van der Waals surface area contributed by atoms with Gasteiger partial charge in [0.2, 0.25) is 0 Å². The quantitative estimate of drug-likeness (QED) is 0.637. The number of carbonyl (C=O) groups excluding carboxylic acids is 2. The van der Waals surface area contributed by atoms with Crippen molar-refractivity contribution in [3.05, 3.63) is 0 Å². The number of hydrogen-bond donors (Lipinski definition) is 1. The molecule has 5 atom stereocenters. The highest BCUT2D eigenvalue weighted by atomic mass is 35.5. The lowest BCUT2D eigenvalue weighted by Gasteiger charge is -2.58. The summed E-state index contributed by atoms with van der Waals surface area (Å²) in [5.41, 5.74) is 4.70. The van der Waals surface area contributed by atoms with Crippen LogP contribution in [0.25, 0.3) is 0 Å². The van der Waals surface area contributed by atoms with Crippen molar-refractivity contribution in [2.75, 3.05) is 0 Å². The van der Waals surface area contributed by atoms with Crippen LogP contribution in [-0.2, 0) is 14.3 Å². The fraction of sp³-hybridized carbons (Fsp3) is 0.857. The monoisotopic (exact) mass is 285 g/mol. The highest BCUT2D eigenvalue weighted by molar-refractivity contribution is 6.24. The number of primary amides is 1. The van der Waals surface area contributed by atoms with Gasteiger partial charge in [0, 0.05) is 4.87 Å². The van der Waals surface area contributed by atoms with Crippen LogP contribution in [0.15, 0.2) is 0 Å². The van der Waals surface area contributed by atoms with Crippen LogP contribution in [0.2, 0.25) is 0 Å². The van der Waals surface area contributed by atoms with Crippen LogP contribution in [0.3, 0.4) is 0 Å². The van der Waals surface area contributed by atoms with Gasteiger partial charge in [0.15, 0.2) is 6.10 Å². The van der Waals surface area contributed by atoms with Crippen LogP contribution in [0.5, 0.6) is 0 Å². The smallest absolute Gasteiger partial charge is 0.312 e. The van der Waals surface area contributed by atoms with Gasteiger partial charge in [-0.05, 0) is 57.3 Å². The van der Waals surface area contributed by atoms with E-state index in [4.69, 9.17) is 22.1 Å². The number of alkyl halides is 1. The number of rotatable bonds is 3. The molecule has 0 aliphatic heterocycles. The first-order chi connectivity index (χ1) is 8.82. The molecule has 4 aliphatic carbocycles. The van der Waals surface area contributed by atoms with Crippen LogP contribution in [-0.4, -0.2) is 22.9 Å². The SMILES string of the molecule is C[C@H](OC(=O)C12C[C@@H]3C[C@@H](CC(Cl)(C3)C1)C2)C(N)=O. The lowest BCUT2D eigenvalue weighted by atomic mass is 9.49. The fourth-order valence-electron chi connectivity index (χ4n) is 4.73. The topological polar surface area (TPSA) is 69.4 Å². The fourth-order valence-corrected chi connectivity index (χ4v) is 5.43. The normalized spacial score (nSPS) is 44.9. The van der Waals surface area contributed by atoms with Crippen molar-refractivity contribution in [3.8, 4) is 0 Å². The maximum absolute atomic E-state index is 12.5. The molecule has 4 rings (SSSR count). The molecule has 0 saturated heterocycles. The molecule has 0 aromatic rings. The summed E-state index contributed by atoms with van der Waals surface area (Å²) in [6, 6.07) is 0. The average Bonchev–Trinajstić information content (AvgIpc) is 2.24. The molecule has 4 fully saturated rings. The largest absolute Gasteiger partial charge is 0.452 e. The molecule has 0 spiro atoms. The molecule has 2 unspecified atom stereocenters. The summed E-state index contributed by atoms with van der Waals surface area (Å²) in [5.74, 6) is 0.210. The third-order valence-electron chi connectivity index (χ3n) is 5.11. The van der Waals surface area contributed by atoms with Crippen molar-refractivity contribution in [2.45, 2.75) is 56.4 Å². The van der Waals surface area contributed by atoms with Gasteiger partial charge in [0.05, 0.1) is 5.41 Å². The third kappa shape index (κ3) is 2.14. The third-order valence-corrected chi connectivity index (χ3v) is 5.55. The molecule has 0 radical (unpaired) electrons. The second-order valence-corrected chi connectivity index (χ2v) is 7.64. The molecular weight excluding hydrogens is 266 g/mol. The van der Waals surface area contributed by atoms with Crippen molar-refractivity contribution < 1.29 is 14.3 Å².